The molecule has 0 amide bonds. The van der Waals surface area contributed by atoms with Crippen molar-refractivity contribution < 1.29 is 9.47 Å². The van der Waals surface area contributed by atoms with E-state index in [2.05, 4.69) is 14.9 Å². The summed E-state index contributed by atoms with van der Waals surface area (Å²) < 4.78 is 11.3. The first-order valence-corrected chi connectivity index (χ1v) is 5.85. The molecule has 0 aromatic carbocycles. The van der Waals surface area contributed by atoms with E-state index in [9.17, 15) is 4.79 Å². The second-order valence-corrected chi connectivity index (χ2v) is 4.36. The average molecular weight is 237 g/mol. The molecule has 1 N–H and O–H groups in total. The Bertz CT molecular complexity index is 443. The van der Waals surface area contributed by atoms with Crippen LogP contribution in [0, 0.1) is 0 Å². The first-order valence-electron chi connectivity index (χ1n) is 5.85. The van der Waals surface area contributed by atoms with Crippen LogP contribution in [0.5, 0.6) is 0 Å². The molecule has 0 aliphatic carbocycles. The number of nitrogens with one attached hydrogen (secondary N) is 1. The summed E-state index contributed by atoms with van der Waals surface area (Å²) >= 11 is 0. The first-order chi connectivity index (χ1) is 8.27. The highest BCUT2D eigenvalue weighted by atomic mass is 16.7. The van der Waals surface area contributed by atoms with E-state index >= 15 is 0 Å². The molecule has 1 aromatic heterocycles. The van der Waals surface area contributed by atoms with Crippen molar-refractivity contribution in [2.45, 2.75) is 18.6 Å². The van der Waals surface area contributed by atoms with E-state index in [-0.39, 0.29) is 11.3 Å². The van der Waals surface area contributed by atoms with Gasteiger partial charge in [-0.3, -0.25) is 4.79 Å². The highest BCUT2D eigenvalue weighted by Gasteiger charge is 2.39. The molecule has 0 radical (unpaired) electrons. The third-order valence-electron chi connectivity index (χ3n) is 3.33. The second-order valence-electron chi connectivity index (χ2n) is 4.36. The average Bonchev–Trinajstić information content (AvgIpc) is 2.79. The molecule has 17 heavy (non-hydrogen) atoms. The highest BCUT2D eigenvalue weighted by Crippen LogP contribution is 2.32. The normalized spacial score (nSPS) is 23.2. The summed E-state index contributed by atoms with van der Waals surface area (Å²) in [5, 5.41) is 0. The van der Waals surface area contributed by atoms with Crippen LogP contribution in [0.3, 0.4) is 0 Å². The Morgan fingerprint density at radius 1 is 1.29 bits per heavy atom. The Balaban J connectivity index is 1.70. The predicted octanol–water partition coefficient (Wildman–Crippen LogP) is 0.113. The summed E-state index contributed by atoms with van der Waals surface area (Å²) in [6, 6.07) is 1.52. The van der Waals surface area contributed by atoms with Gasteiger partial charge in [0.1, 0.15) is 5.82 Å². The van der Waals surface area contributed by atoms with Gasteiger partial charge >= 0.3 is 0 Å². The maximum atomic E-state index is 11.2. The summed E-state index contributed by atoms with van der Waals surface area (Å²) in [6.45, 7) is 2.97. The molecule has 6 nitrogen and oxygen atoms in total. The van der Waals surface area contributed by atoms with Crippen molar-refractivity contribution >= 4 is 5.82 Å². The largest absolute Gasteiger partial charge is 0.356 e. The molecule has 0 atom stereocenters. The van der Waals surface area contributed by atoms with Crippen molar-refractivity contribution in [1.82, 2.24) is 9.97 Å². The van der Waals surface area contributed by atoms with Crippen molar-refractivity contribution in [3.8, 4) is 0 Å². The monoisotopic (exact) mass is 237 g/mol. The van der Waals surface area contributed by atoms with Crippen LogP contribution >= 0.6 is 0 Å². The topological polar surface area (TPSA) is 67.5 Å². The SMILES string of the molecule is O=c1cc(N2CCC3(CC2)OCCO3)nc[nH]1. The predicted molar refractivity (Wildman–Crippen MR) is 60.9 cm³/mol. The molecule has 3 rings (SSSR count). The molecule has 1 aromatic rings. The van der Waals surface area contributed by atoms with Gasteiger partial charge in [-0.1, -0.05) is 0 Å². The Hall–Kier alpha value is -1.40. The van der Waals surface area contributed by atoms with Gasteiger partial charge in [0.15, 0.2) is 5.79 Å². The molecule has 0 bridgehead atoms. The number of aromatic nitrogens is 2. The number of aromatic amines is 1. The lowest BCUT2D eigenvalue weighted by Crippen LogP contribution is -2.45. The lowest BCUT2D eigenvalue weighted by molar-refractivity contribution is -0.169. The number of hydrogen-bond donors (Lipinski definition) is 1. The molecule has 92 valence electrons. The van der Waals surface area contributed by atoms with Crippen LogP contribution < -0.4 is 10.5 Å². The van der Waals surface area contributed by atoms with Gasteiger partial charge in [-0.05, 0) is 0 Å². The number of hydrogen-bond acceptors (Lipinski definition) is 5. The second kappa shape index (κ2) is 4.12. The number of H-pyrrole nitrogens is 1. The van der Waals surface area contributed by atoms with Crippen LogP contribution in [0.25, 0.3) is 0 Å². The molecule has 0 saturated carbocycles. The number of rotatable bonds is 1. The molecule has 2 fully saturated rings. The quantitative estimate of drug-likeness (QED) is 0.751. The van der Waals surface area contributed by atoms with E-state index in [0.29, 0.717) is 13.2 Å². The number of piperidine rings is 1. The number of ether oxygens (including phenoxy) is 2. The fourth-order valence-corrected chi connectivity index (χ4v) is 2.39. The van der Waals surface area contributed by atoms with Crippen LogP contribution in [0.2, 0.25) is 0 Å². The van der Waals surface area contributed by atoms with Crippen molar-refractivity contribution in [2.24, 2.45) is 0 Å². The Kier molecular flexibility index (Phi) is 2.60. The molecule has 1 spiro atoms. The van der Waals surface area contributed by atoms with Crippen molar-refractivity contribution in [3.63, 3.8) is 0 Å². The molecule has 6 heteroatoms. The fraction of sp³-hybridized carbons (Fsp3) is 0.636. The summed E-state index contributed by atoms with van der Waals surface area (Å²) in [4.78, 5) is 20.0. The van der Waals surface area contributed by atoms with E-state index in [1.165, 1.54) is 12.4 Å². The van der Waals surface area contributed by atoms with Crippen LogP contribution in [-0.2, 0) is 9.47 Å². The standard InChI is InChI=1S/C11H15N3O3/c15-10-7-9(12-8-13-10)14-3-1-11(2-4-14)16-5-6-17-11/h7-8H,1-6H2,(H,12,13,15). The third-order valence-corrected chi connectivity index (χ3v) is 3.33. The zero-order valence-electron chi connectivity index (χ0n) is 9.52. The molecule has 0 unspecified atom stereocenters. The molecular weight excluding hydrogens is 222 g/mol. The Morgan fingerprint density at radius 2 is 2.00 bits per heavy atom. The van der Waals surface area contributed by atoms with Crippen molar-refractivity contribution in [1.29, 1.82) is 0 Å². The van der Waals surface area contributed by atoms with E-state index in [0.717, 1.165) is 31.7 Å². The summed E-state index contributed by atoms with van der Waals surface area (Å²) in [5.41, 5.74) is -0.122. The van der Waals surface area contributed by atoms with Crippen molar-refractivity contribution in [3.05, 3.63) is 22.7 Å². The van der Waals surface area contributed by atoms with Gasteiger partial charge in [0, 0.05) is 32.0 Å². The Morgan fingerprint density at radius 3 is 2.65 bits per heavy atom. The first kappa shape index (κ1) is 10.7. The number of nitrogens with zero attached hydrogens (tertiary/aromatic N) is 2. The third kappa shape index (κ3) is 2.05. The van der Waals surface area contributed by atoms with Gasteiger partial charge in [0.05, 0.1) is 19.5 Å². The fourth-order valence-electron chi connectivity index (χ4n) is 2.39. The van der Waals surface area contributed by atoms with Gasteiger partial charge in [-0.25, -0.2) is 4.98 Å². The highest BCUT2D eigenvalue weighted by molar-refractivity contribution is 5.37. The minimum absolute atomic E-state index is 0.122. The maximum Gasteiger partial charge on any atom is 0.252 e. The minimum atomic E-state index is -0.377. The zero-order valence-corrected chi connectivity index (χ0v) is 9.52. The van der Waals surface area contributed by atoms with Crippen LogP contribution in [0.4, 0.5) is 5.82 Å². The van der Waals surface area contributed by atoms with Crippen LogP contribution in [0.15, 0.2) is 17.2 Å². The van der Waals surface area contributed by atoms with E-state index in [4.69, 9.17) is 9.47 Å². The smallest absolute Gasteiger partial charge is 0.252 e. The zero-order chi connectivity index (χ0) is 11.7. The van der Waals surface area contributed by atoms with Crippen molar-refractivity contribution in [2.75, 3.05) is 31.2 Å². The van der Waals surface area contributed by atoms with Crippen LogP contribution in [0.1, 0.15) is 12.8 Å². The molecular formula is C11H15N3O3. The molecule has 3 heterocycles. The van der Waals surface area contributed by atoms with Crippen LogP contribution in [-0.4, -0.2) is 42.1 Å². The van der Waals surface area contributed by atoms with Gasteiger partial charge in [0.2, 0.25) is 0 Å². The van der Waals surface area contributed by atoms with Gasteiger partial charge in [0.25, 0.3) is 5.56 Å². The van der Waals surface area contributed by atoms with Gasteiger partial charge in [-0.15, -0.1) is 0 Å². The lowest BCUT2D eigenvalue weighted by Gasteiger charge is -2.37. The van der Waals surface area contributed by atoms with E-state index in [1.54, 1.807) is 0 Å². The summed E-state index contributed by atoms with van der Waals surface area (Å²) in [6.07, 6.45) is 3.08. The summed E-state index contributed by atoms with van der Waals surface area (Å²) in [5.74, 6) is 0.346. The molecule has 2 aliphatic rings. The van der Waals surface area contributed by atoms with Gasteiger partial charge in [-0.2, -0.15) is 0 Å². The molecule has 2 saturated heterocycles. The lowest BCUT2D eigenvalue weighted by atomic mass is 10.0. The maximum absolute atomic E-state index is 11.2. The van der Waals surface area contributed by atoms with E-state index < -0.39 is 0 Å². The minimum Gasteiger partial charge on any atom is -0.356 e. The molecule has 2 aliphatic heterocycles. The van der Waals surface area contributed by atoms with Gasteiger partial charge < -0.3 is 19.4 Å². The summed E-state index contributed by atoms with van der Waals surface area (Å²) in [7, 11) is 0. The number of anilines is 1. The Labute approximate surface area is 98.6 Å². The van der Waals surface area contributed by atoms with E-state index in [1.807, 2.05) is 0 Å².